The molecule has 1 amide bonds. The van der Waals surface area contributed by atoms with Crippen LogP contribution in [0.1, 0.15) is 38.8 Å². The van der Waals surface area contributed by atoms with E-state index >= 15 is 0 Å². The molecule has 0 radical (unpaired) electrons. The van der Waals surface area contributed by atoms with E-state index in [2.05, 4.69) is 5.32 Å². The first-order chi connectivity index (χ1) is 8.81. The maximum absolute atomic E-state index is 11.7. The molecule has 19 heavy (non-hydrogen) atoms. The number of nitrogens with one attached hydrogen (secondary N) is 1. The van der Waals surface area contributed by atoms with Crippen LogP contribution >= 0.6 is 11.6 Å². The van der Waals surface area contributed by atoms with E-state index in [1.807, 2.05) is 12.1 Å². The number of halogens is 1. The molecule has 1 N–H and O–H groups in total. The second kappa shape index (κ2) is 6.44. The first-order valence-corrected chi connectivity index (χ1v) is 6.31. The van der Waals surface area contributed by atoms with Crippen molar-refractivity contribution in [3.8, 4) is 6.07 Å². The molecule has 0 saturated heterocycles. The smallest absolute Gasteiger partial charge is 0.408 e. The van der Waals surface area contributed by atoms with Crippen LogP contribution in [-0.4, -0.2) is 11.7 Å². The molecule has 102 valence electrons. The summed E-state index contributed by atoms with van der Waals surface area (Å²) >= 11 is 5.91. The monoisotopic (exact) mass is 280 g/mol. The van der Waals surface area contributed by atoms with E-state index in [1.165, 1.54) is 0 Å². The molecule has 1 atom stereocenters. The van der Waals surface area contributed by atoms with Gasteiger partial charge in [0.25, 0.3) is 0 Å². The first kappa shape index (κ1) is 15.3. The maximum atomic E-state index is 11.7. The summed E-state index contributed by atoms with van der Waals surface area (Å²) in [6.07, 6.45) is -0.396. The third-order valence-corrected chi connectivity index (χ3v) is 2.47. The highest BCUT2D eigenvalue weighted by atomic mass is 35.5. The van der Waals surface area contributed by atoms with Gasteiger partial charge in [0.15, 0.2) is 0 Å². The third-order valence-electron chi connectivity index (χ3n) is 2.24. The average Bonchev–Trinajstić information content (AvgIpc) is 2.26. The number of carbonyl (C=O) groups excluding carboxylic acids is 1. The molecule has 1 aromatic rings. The Balaban J connectivity index is 2.79. The largest absolute Gasteiger partial charge is 0.444 e. The number of hydrogen-bond acceptors (Lipinski definition) is 3. The van der Waals surface area contributed by atoms with Crippen LogP contribution < -0.4 is 5.32 Å². The highest BCUT2D eigenvalue weighted by Crippen LogP contribution is 2.21. The van der Waals surface area contributed by atoms with E-state index < -0.39 is 17.7 Å². The highest BCUT2D eigenvalue weighted by Gasteiger charge is 2.20. The molecule has 0 aliphatic heterocycles. The van der Waals surface area contributed by atoms with Gasteiger partial charge < -0.3 is 10.1 Å². The molecule has 1 rings (SSSR count). The van der Waals surface area contributed by atoms with Crippen molar-refractivity contribution >= 4 is 17.7 Å². The standard InChI is InChI=1S/C14H17ClN2O2/c1-14(2,3)19-13(18)17-12(7-8-16)10-5-4-6-11(15)9-10/h4-6,9,12H,7H2,1-3H3,(H,17,18)/t12-/m0/s1. The van der Waals surface area contributed by atoms with E-state index in [1.54, 1.807) is 39.0 Å². The lowest BCUT2D eigenvalue weighted by atomic mass is 10.0. The molecule has 0 bridgehead atoms. The molecule has 0 unspecified atom stereocenters. The molecule has 0 heterocycles. The van der Waals surface area contributed by atoms with Crippen LogP contribution in [0, 0.1) is 11.3 Å². The van der Waals surface area contributed by atoms with Crippen molar-refractivity contribution in [2.24, 2.45) is 0 Å². The first-order valence-electron chi connectivity index (χ1n) is 5.94. The Labute approximate surface area is 118 Å². The summed E-state index contributed by atoms with van der Waals surface area (Å²) in [5.41, 5.74) is 0.204. The molecular formula is C14H17ClN2O2. The zero-order chi connectivity index (χ0) is 14.5. The van der Waals surface area contributed by atoms with Crippen molar-refractivity contribution in [3.05, 3.63) is 34.9 Å². The van der Waals surface area contributed by atoms with Crippen LogP contribution in [0.3, 0.4) is 0 Å². The number of benzene rings is 1. The van der Waals surface area contributed by atoms with Crippen LogP contribution in [0.5, 0.6) is 0 Å². The van der Waals surface area contributed by atoms with Crippen molar-refractivity contribution in [1.82, 2.24) is 5.32 Å². The fourth-order valence-corrected chi connectivity index (χ4v) is 1.72. The Kier molecular flexibility index (Phi) is 5.20. The average molecular weight is 281 g/mol. The number of carbonyl (C=O) groups is 1. The second-order valence-corrected chi connectivity index (χ2v) is 5.55. The maximum Gasteiger partial charge on any atom is 0.408 e. The minimum atomic E-state index is -0.574. The number of nitrogens with zero attached hydrogens (tertiary/aromatic N) is 1. The third kappa shape index (κ3) is 5.62. The van der Waals surface area contributed by atoms with Gasteiger partial charge >= 0.3 is 6.09 Å². The lowest BCUT2D eigenvalue weighted by molar-refractivity contribution is 0.0504. The molecule has 1 aromatic carbocycles. The molecule has 0 spiro atoms. The fraction of sp³-hybridized carbons (Fsp3) is 0.429. The van der Waals surface area contributed by atoms with Gasteiger partial charge in [0.05, 0.1) is 18.5 Å². The predicted octanol–water partition coefficient (Wildman–Crippen LogP) is 3.82. The number of ether oxygens (including phenoxy) is 1. The van der Waals surface area contributed by atoms with Crippen LogP contribution in [0.2, 0.25) is 5.02 Å². The molecular weight excluding hydrogens is 264 g/mol. The molecule has 0 aromatic heterocycles. The van der Waals surface area contributed by atoms with Crippen LogP contribution in [0.15, 0.2) is 24.3 Å². The molecule has 4 nitrogen and oxygen atoms in total. The minimum absolute atomic E-state index is 0.152. The highest BCUT2D eigenvalue weighted by molar-refractivity contribution is 6.30. The van der Waals surface area contributed by atoms with Crippen molar-refractivity contribution < 1.29 is 9.53 Å². The van der Waals surface area contributed by atoms with Gasteiger partial charge in [-0.2, -0.15) is 5.26 Å². The van der Waals surface area contributed by atoms with E-state index in [-0.39, 0.29) is 6.42 Å². The number of amides is 1. The van der Waals surface area contributed by atoms with Crippen LogP contribution in [0.4, 0.5) is 4.79 Å². The number of rotatable bonds is 3. The topological polar surface area (TPSA) is 62.1 Å². The van der Waals surface area contributed by atoms with E-state index in [9.17, 15) is 4.79 Å². The molecule has 0 fully saturated rings. The van der Waals surface area contributed by atoms with Crippen molar-refractivity contribution in [1.29, 1.82) is 5.26 Å². The van der Waals surface area contributed by atoms with E-state index in [0.717, 1.165) is 5.56 Å². The fourth-order valence-electron chi connectivity index (χ4n) is 1.52. The summed E-state index contributed by atoms with van der Waals surface area (Å²) in [7, 11) is 0. The summed E-state index contributed by atoms with van der Waals surface area (Å²) in [5, 5.41) is 12.1. The van der Waals surface area contributed by atoms with Gasteiger partial charge in [0.2, 0.25) is 0 Å². The van der Waals surface area contributed by atoms with Gasteiger partial charge in [-0.25, -0.2) is 4.79 Å². The van der Waals surface area contributed by atoms with E-state index in [0.29, 0.717) is 5.02 Å². The van der Waals surface area contributed by atoms with E-state index in [4.69, 9.17) is 21.6 Å². The van der Waals surface area contributed by atoms with Gasteiger partial charge in [-0.05, 0) is 38.5 Å². The predicted molar refractivity (Wildman–Crippen MR) is 73.8 cm³/mol. The quantitative estimate of drug-likeness (QED) is 0.915. The van der Waals surface area contributed by atoms with Crippen LogP contribution in [0.25, 0.3) is 0 Å². The molecule has 0 saturated carbocycles. The van der Waals surface area contributed by atoms with Gasteiger partial charge in [0, 0.05) is 5.02 Å². The lowest BCUT2D eigenvalue weighted by Crippen LogP contribution is -2.34. The molecule has 0 aliphatic carbocycles. The zero-order valence-electron chi connectivity index (χ0n) is 11.2. The Bertz CT molecular complexity index is 489. The van der Waals surface area contributed by atoms with Crippen molar-refractivity contribution in [3.63, 3.8) is 0 Å². The van der Waals surface area contributed by atoms with Crippen LogP contribution in [-0.2, 0) is 4.74 Å². The Morgan fingerprint density at radius 3 is 2.74 bits per heavy atom. The Morgan fingerprint density at radius 2 is 2.21 bits per heavy atom. The Morgan fingerprint density at radius 1 is 1.53 bits per heavy atom. The van der Waals surface area contributed by atoms with Gasteiger partial charge in [-0.3, -0.25) is 0 Å². The zero-order valence-corrected chi connectivity index (χ0v) is 12.0. The lowest BCUT2D eigenvalue weighted by Gasteiger charge is -2.22. The van der Waals surface area contributed by atoms with Crippen molar-refractivity contribution in [2.75, 3.05) is 0 Å². The molecule has 5 heteroatoms. The van der Waals surface area contributed by atoms with Crippen molar-refractivity contribution in [2.45, 2.75) is 38.8 Å². The SMILES string of the molecule is CC(C)(C)OC(=O)N[C@@H](CC#N)c1cccc(Cl)c1. The molecule has 0 aliphatic rings. The summed E-state index contributed by atoms with van der Waals surface area (Å²) in [4.78, 5) is 11.7. The summed E-state index contributed by atoms with van der Waals surface area (Å²) < 4.78 is 5.17. The van der Waals surface area contributed by atoms with Gasteiger partial charge in [-0.15, -0.1) is 0 Å². The summed E-state index contributed by atoms with van der Waals surface area (Å²) in [6, 6.07) is 8.66. The minimum Gasteiger partial charge on any atom is -0.444 e. The Hall–Kier alpha value is -1.73. The normalized spacial score (nSPS) is 12.4. The number of alkyl carbamates (subject to hydrolysis) is 1. The summed E-state index contributed by atoms with van der Waals surface area (Å²) in [5.74, 6) is 0. The van der Waals surface area contributed by atoms with Gasteiger partial charge in [0.1, 0.15) is 5.60 Å². The van der Waals surface area contributed by atoms with Gasteiger partial charge in [-0.1, -0.05) is 23.7 Å². The number of nitriles is 1. The summed E-state index contributed by atoms with van der Waals surface area (Å²) in [6.45, 7) is 5.35. The number of hydrogen-bond donors (Lipinski definition) is 1. The second-order valence-electron chi connectivity index (χ2n) is 5.12.